The number of fused-ring (bicyclic) bond motifs is 1. The quantitative estimate of drug-likeness (QED) is 0.314. The van der Waals surface area contributed by atoms with E-state index in [0.29, 0.717) is 23.3 Å². The first-order chi connectivity index (χ1) is 17.6. The number of hydrogen-bond acceptors (Lipinski definition) is 6. The zero-order chi connectivity index (χ0) is 24.9. The zero-order valence-corrected chi connectivity index (χ0v) is 21.1. The van der Waals surface area contributed by atoms with Crippen molar-refractivity contribution in [2.45, 2.75) is 31.1 Å². The summed E-state index contributed by atoms with van der Waals surface area (Å²) in [6, 6.07) is 25.7. The number of hydrogen-bond donors (Lipinski definition) is 0. The number of carbonyl (C=O) groups excluding carboxylic acids is 1. The molecule has 1 unspecified atom stereocenters. The molecule has 0 spiro atoms. The predicted octanol–water partition coefficient (Wildman–Crippen LogP) is 5.09. The van der Waals surface area contributed by atoms with Crippen molar-refractivity contribution < 1.29 is 14.3 Å². The molecule has 0 aliphatic carbocycles. The van der Waals surface area contributed by atoms with E-state index in [1.54, 1.807) is 7.11 Å². The molecule has 0 fully saturated rings. The van der Waals surface area contributed by atoms with E-state index in [-0.39, 0.29) is 17.8 Å². The Labute approximate surface area is 215 Å². The number of para-hydroxylation sites is 1. The van der Waals surface area contributed by atoms with Crippen LogP contribution in [0.4, 0.5) is 0 Å². The van der Waals surface area contributed by atoms with Gasteiger partial charge in [0.25, 0.3) is 0 Å². The number of thioether (sulfide) groups is 1. The van der Waals surface area contributed by atoms with E-state index in [1.165, 1.54) is 22.9 Å². The zero-order valence-electron chi connectivity index (χ0n) is 20.3. The lowest BCUT2D eigenvalue weighted by atomic mass is 10.00. The molecule has 1 aromatic heterocycles. The van der Waals surface area contributed by atoms with Gasteiger partial charge in [0.1, 0.15) is 11.5 Å². The van der Waals surface area contributed by atoms with Crippen LogP contribution < -0.4 is 9.47 Å². The fraction of sp³-hybridized carbons (Fsp3) is 0.250. The van der Waals surface area contributed by atoms with Crippen LogP contribution in [-0.4, -0.2) is 45.0 Å². The number of methoxy groups -OCH3 is 1. The summed E-state index contributed by atoms with van der Waals surface area (Å²) in [5.41, 5.74) is 3.47. The predicted molar refractivity (Wildman–Crippen MR) is 140 cm³/mol. The first-order valence-corrected chi connectivity index (χ1v) is 12.9. The van der Waals surface area contributed by atoms with Crippen LogP contribution in [0.15, 0.2) is 84.0 Å². The summed E-state index contributed by atoms with van der Waals surface area (Å²) in [6.45, 7) is 3.32. The third-order valence-corrected chi connectivity index (χ3v) is 7.11. The molecule has 8 heteroatoms. The number of ether oxygens (including phenoxy) is 2. The van der Waals surface area contributed by atoms with Crippen molar-refractivity contribution in [1.29, 1.82) is 0 Å². The van der Waals surface area contributed by atoms with Crippen LogP contribution in [0.25, 0.3) is 5.69 Å². The van der Waals surface area contributed by atoms with Crippen molar-refractivity contribution in [2.75, 3.05) is 19.4 Å². The molecule has 0 bridgehead atoms. The van der Waals surface area contributed by atoms with E-state index in [2.05, 4.69) is 28.4 Å². The molecule has 1 aliphatic heterocycles. The van der Waals surface area contributed by atoms with Gasteiger partial charge in [0.05, 0.1) is 12.9 Å². The molecule has 1 amide bonds. The highest BCUT2D eigenvalue weighted by Crippen LogP contribution is 2.29. The van der Waals surface area contributed by atoms with Gasteiger partial charge < -0.3 is 14.4 Å². The Hall–Kier alpha value is -3.78. The maximum absolute atomic E-state index is 13.1. The van der Waals surface area contributed by atoms with Crippen molar-refractivity contribution in [3.63, 3.8) is 0 Å². The van der Waals surface area contributed by atoms with Crippen LogP contribution in [0, 0.1) is 0 Å². The number of benzene rings is 3. The van der Waals surface area contributed by atoms with Crippen LogP contribution >= 0.6 is 11.8 Å². The largest absolute Gasteiger partial charge is 0.497 e. The molecule has 3 aromatic carbocycles. The van der Waals surface area contributed by atoms with Crippen molar-refractivity contribution in [3.8, 4) is 17.2 Å². The second kappa shape index (κ2) is 10.9. The van der Waals surface area contributed by atoms with E-state index >= 15 is 0 Å². The molecule has 0 N–H and O–H groups in total. The van der Waals surface area contributed by atoms with E-state index < -0.39 is 0 Å². The molecular weight excluding hydrogens is 472 g/mol. The highest BCUT2D eigenvalue weighted by molar-refractivity contribution is 7.99. The Morgan fingerprint density at radius 2 is 1.72 bits per heavy atom. The summed E-state index contributed by atoms with van der Waals surface area (Å²) >= 11 is 1.40. The molecule has 0 saturated carbocycles. The van der Waals surface area contributed by atoms with Gasteiger partial charge in [-0.15, -0.1) is 10.2 Å². The Morgan fingerprint density at radius 3 is 2.53 bits per heavy atom. The Morgan fingerprint density at radius 1 is 0.972 bits per heavy atom. The van der Waals surface area contributed by atoms with Gasteiger partial charge in [0, 0.05) is 24.8 Å². The Kier molecular flexibility index (Phi) is 7.23. The van der Waals surface area contributed by atoms with Gasteiger partial charge >= 0.3 is 0 Å². The average molecular weight is 501 g/mol. The SMILES string of the molecule is COc1cccc(OC(C)c2nnc(SCC(=O)N3CCc4ccccc4C3)n2-c2ccccc2)c1. The normalized spacial score (nSPS) is 13.7. The lowest BCUT2D eigenvalue weighted by molar-refractivity contribution is -0.129. The fourth-order valence-corrected chi connectivity index (χ4v) is 5.18. The van der Waals surface area contributed by atoms with E-state index in [1.807, 2.05) is 77.1 Å². The third-order valence-electron chi connectivity index (χ3n) is 6.20. The minimum atomic E-state index is -0.381. The van der Waals surface area contributed by atoms with E-state index in [9.17, 15) is 4.79 Å². The Bertz CT molecular complexity index is 1340. The number of nitrogens with zero attached hydrogens (tertiary/aromatic N) is 4. The van der Waals surface area contributed by atoms with Crippen molar-refractivity contribution >= 4 is 17.7 Å². The number of carbonyl (C=O) groups is 1. The average Bonchev–Trinajstić information content (AvgIpc) is 3.36. The van der Waals surface area contributed by atoms with Gasteiger partial charge in [0.15, 0.2) is 17.1 Å². The molecule has 0 radical (unpaired) electrons. The second-order valence-electron chi connectivity index (χ2n) is 8.57. The maximum Gasteiger partial charge on any atom is 0.233 e. The molecule has 5 rings (SSSR count). The molecular formula is C28H28N4O3S. The lowest BCUT2D eigenvalue weighted by Gasteiger charge is -2.28. The molecule has 2 heterocycles. The van der Waals surface area contributed by atoms with Crippen LogP contribution in [-0.2, 0) is 17.8 Å². The minimum absolute atomic E-state index is 0.0966. The minimum Gasteiger partial charge on any atom is -0.497 e. The third kappa shape index (κ3) is 5.23. The number of amides is 1. The Balaban J connectivity index is 1.34. The van der Waals surface area contributed by atoms with E-state index in [0.717, 1.165) is 24.4 Å². The summed E-state index contributed by atoms with van der Waals surface area (Å²) in [6.07, 6.45) is 0.504. The van der Waals surface area contributed by atoms with Crippen LogP contribution in [0.3, 0.4) is 0 Å². The summed E-state index contributed by atoms with van der Waals surface area (Å²) in [4.78, 5) is 15.0. The van der Waals surface area contributed by atoms with Gasteiger partial charge in [0.2, 0.25) is 5.91 Å². The monoisotopic (exact) mass is 500 g/mol. The first kappa shape index (κ1) is 23.9. The molecule has 1 atom stereocenters. The molecule has 184 valence electrons. The van der Waals surface area contributed by atoms with Crippen LogP contribution in [0.5, 0.6) is 11.5 Å². The summed E-state index contributed by atoms with van der Waals surface area (Å²) in [7, 11) is 1.63. The summed E-state index contributed by atoms with van der Waals surface area (Å²) < 4.78 is 13.5. The van der Waals surface area contributed by atoms with Crippen molar-refractivity contribution in [2.24, 2.45) is 0 Å². The molecule has 1 aliphatic rings. The summed E-state index contributed by atoms with van der Waals surface area (Å²) in [5.74, 6) is 2.45. The molecule has 36 heavy (non-hydrogen) atoms. The van der Waals surface area contributed by atoms with Crippen molar-refractivity contribution in [3.05, 3.63) is 95.8 Å². The van der Waals surface area contributed by atoms with E-state index in [4.69, 9.17) is 9.47 Å². The van der Waals surface area contributed by atoms with Gasteiger partial charge in [-0.25, -0.2) is 0 Å². The molecule has 0 saturated heterocycles. The summed E-state index contributed by atoms with van der Waals surface area (Å²) in [5, 5.41) is 9.56. The highest BCUT2D eigenvalue weighted by Gasteiger charge is 2.24. The molecule has 7 nitrogen and oxygen atoms in total. The first-order valence-electron chi connectivity index (χ1n) is 11.9. The van der Waals surface area contributed by atoms with Gasteiger partial charge in [-0.05, 0) is 48.7 Å². The maximum atomic E-state index is 13.1. The highest BCUT2D eigenvalue weighted by atomic mass is 32.2. The number of aromatic nitrogens is 3. The topological polar surface area (TPSA) is 69.5 Å². The lowest BCUT2D eigenvalue weighted by Crippen LogP contribution is -2.37. The van der Waals surface area contributed by atoms with Gasteiger partial charge in [-0.3, -0.25) is 9.36 Å². The number of rotatable bonds is 8. The van der Waals surface area contributed by atoms with Crippen molar-refractivity contribution in [1.82, 2.24) is 19.7 Å². The van der Waals surface area contributed by atoms with Crippen LogP contribution in [0.1, 0.15) is 30.0 Å². The standard InChI is InChI=1S/C28H28N4O3S/c1-20(35-25-14-8-13-24(17-25)34-2)27-29-30-28(32(27)23-11-4-3-5-12-23)36-19-26(33)31-16-15-21-9-6-7-10-22(21)18-31/h3-14,17,20H,15-16,18-19H2,1-2H3. The van der Waals surface area contributed by atoms with Gasteiger partial charge in [-0.2, -0.15) is 0 Å². The fourth-order valence-electron chi connectivity index (χ4n) is 4.32. The second-order valence-corrected chi connectivity index (χ2v) is 9.52. The van der Waals surface area contributed by atoms with Crippen LogP contribution in [0.2, 0.25) is 0 Å². The van der Waals surface area contributed by atoms with Gasteiger partial charge in [-0.1, -0.05) is 60.3 Å². The molecule has 4 aromatic rings. The smallest absolute Gasteiger partial charge is 0.233 e.